The zero-order chi connectivity index (χ0) is 21.8. The van der Waals surface area contributed by atoms with Crippen molar-refractivity contribution in [2.45, 2.75) is 84.7 Å². The molecule has 1 aromatic rings. The van der Waals surface area contributed by atoms with Crippen LogP contribution in [0, 0.1) is 40.4 Å². The Morgan fingerprint density at radius 1 is 0.903 bits per heavy atom. The summed E-state index contributed by atoms with van der Waals surface area (Å²) in [6, 6.07) is 9.47. The van der Waals surface area contributed by atoms with Crippen LogP contribution in [0.2, 0.25) is 0 Å². The number of hydrogen-bond acceptors (Lipinski definition) is 3. The van der Waals surface area contributed by atoms with E-state index in [1.54, 1.807) is 6.92 Å². The molecule has 3 heteroatoms. The number of ketones is 1. The van der Waals surface area contributed by atoms with E-state index in [0.29, 0.717) is 40.4 Å². The topological polar surface area (TPSA) is 43.4 Å². The molecule has 8 atom stereocenters. The molecule has 4 aliphatic rings. The fourth-order valence-electron chi connectivity index (χ4n) is 8.80. The van der Waals surface area contributed by atoms with Gasteiger partial charge >= 0.3 is 5.97 Å². The summed E-state index contributed by atoms with van der Waals surface area (Å²) in [7, 11) is 0. The van der Waals surface area contributed by atoms with E-state index < -0.39 is 0 Å². The quantitative estimate of drug-likeness (QED) is 0.525. The van der Waals surface area contributed by atoms with E-state index in [2.05, 4.69) is 13.8 Å². The van der Waals surface area contributed by atoms with Crippen LogP contribution in [0.5, 0.6) is 0 Å². The summed E-state index contributed by atoms with van der Waals surface area (Å²) in [6.45, 7) is 6.71. The fraction of sp³-hybridized carbons (Fsp3) is 0.714. The minimum atomic E-state index is -0.169. The highest BCUT2D eigenvalue weighted by atomic mass is 16.5. The Morgan fingerprint density at radius 2 is 1.65 bits per heavy atom. The Bertz CT molecular complexity index is 847. The van der Waals surface area contributed by atoms with Crippen molar-refractivity contribution in [3.05, 3.63) is 35.9 Å². The number of ether oxygens (including phenoxy) is 1. The van der Waals surface area contributed by atoms with Gasteiger partial charge in [-0.2, -0.15) is 0 Å². The minimum Gasteiger partial charge on any atom is -0.458 e. The maximum absolute atomic E-state index is 13.1. The van der Waals surface area contributed by atoms with Crippen molar-refractivity contribution in [3.63, 3.8) is 0 Å². The molecule has 0 radical (unpaired) electrons. The summed E-state index contributed by atoms with van der Waals surface area (Å²) < 4.78 is 6.37. The molecule has 8 unspecified atom stereocenters. The Balaban J connectivity index is 1.49. The molecule has 4 saturated carbocycles. The second-order valence-corrected chi connectivity index (χ2v) is 11.6. The summed E-state index contributed by atoms with van der Waals surface area (Å²) >= 11 is 0. The Hall–Kier alpha value is -1.64. The molecule has 0 saturated heterocycles. The number of rotatable bonds is 3. The van der Waals surface area contributed by atoms with Gasteiger partial charge in [-0.25, -0.2) is 4.79 Å². The maximum atomic E-state index is 13.1. The third-order valence-electron chi connectivity index (χ3n) is 10.3. The van der Waals surface area contributed by atoms with Crippen molar-refractivity contribution in [1.82, 2.24) is 0 Å². The summed E-state index contributed by atoms with van der Waals surface area (Å²) in [6.07, 6.45) is 10.7. The van der Waals surface area contributed by atoms with Gasteiger partial charge in [-0.15, -0.1) is 0 Å². The van der Waals surface area contributed by atoms with Crippen molar-refractivity contribution in [2.24, 2.45) is 40.4 Å². The highest BCUT2D eigenvalue weighted by Gasteiger charge is 2.63. The average Bonchev–Trinajstić information content (AvgIpc) is 3.12. The first kappa shape index (κ1) is 21.2. The van der Waals surface area contributed by atoms with Crippen molar-refractivity contribution in [1.29, 1.82) is 0 Å². The molecule has 0 spiro atoms. The SMILES string of the molecule is CC(=O)C1CCC2C3C(OC(=O)c4ccccc4)CC4CCCCC4(C)C3CCC12C. The van der Waals surface area contributed by atoms with E-state index in [0.717, 1.165) is 25.7 Å². The van der Waals surface area contributed by atoms with Crippen LogP contribution in [0.15, 0.2) is 30.3 Å². The Labute approximate surface area is 187 Å². The molecular weight excluding hydrogens is 384 g/mol. The number of fused-ring (bicyclic) bond motifs is 5. The maximum Gasteiger partial charge on any atom is 0.338 e. The smallest absolute Gasteiger partial charge is 0.338 e. The number of carbonyl (C=O) groups is 2. The van der Waals surface area contributed by atoms with Crippen LogP contribution < -0.4 is 0 Å². The third kappa shape index (κ3) is 3.29. The lowest BCUT2D eigenvalue weighted by atomic mass is 9.44. The molecule has 5 rings (SSSR count). The normalized spacial score (nSPS) is 44.0. The Morgan fingerprint density at radius 3 is 2.39 bits per heavy atom. The van der Waals surface area contributed by atoms with Crippen LogP contribution in [0.3, 0.4) is 0 Å². The lowest BCUT2D eigenvalue weighted by Crippen LogP contribution is -2.58. The largest absolute Gasteiger partial charge is 0.458 e. The van der Waals surface area contributed by atoms with Gasteiger partial charge in [-0.1, -0.05) is 44.9 Å². The molecule has 0 heterocycles. The molecule has 0 bridgehead atoms. The molecule has 4 fully saturated rings. The standard InChI is InChI=1S/C28H38O3/c1-18(29)21-12-13-22-25-23(14-16-28(21,22)3)27(2)15-8-7-11-20(27)17-24(25)31-26(30)19-9-5-4-6-10-19/h4-6,9-10,20-25H,7-8,11-17H2,1-3H3. The zero-order valence-electron chi connectivity index (χ0n) is 19.4. The van der Waals surface area contributed by atoms with Crippen LogP contribution >= 0.6 is 0 Å². The molecular formula is C28H38O3. The van der Waals surface area contributed by atoms with E-state index in [1.807, 2.05) is 30.3 Å². The summed E-state index contributed by atoms with van der Waals surface area (Å²) in [5.41, 5.74) is 1.10. The predicted molar refractivity (Wildman–Crippen MR) is 122 cm³/mol. The van der Waals surface area contributed by atoms with Gasteiger partial charge in [-0.3, -0.25) is 4.79 Å². The van der Waals surface area contributed by atoms with Crippen LogP contribution in [-0.4, -0.2) is 17.9 Å². The van der Waals surface area contributed by atoms with Gasteiger partial charge in [0.25, 0.3) is 0 Å². The molecule has 0 N–H and O–H groups in total. The first-order valence-corrected chi connectivity index (χ1v) is 12.6. The highest BCUT2D eigenvalue weighted by molar-refractivity contribution is 5.89. The van der Waals surface area contributed by atoms with Crippen LogP contribution in [0.25, 0.3) is 0 Å². The second kappa shape index (κ2) is 7.74. The van der Waals surface area contributed by atoms with Gasteiger partial charge in [0, 0.05) is 11.8 Å². The first-order valence-electron chi connectivity index (χ1n) is 12.6. The van der Waals surface area contributed by atoms with E-state index in [-0.39, 0.29) is 23.4 Å². The average molecular weight is 423 g/mol. The lowest BCUT2D eigenvalue weighted by Gasteiger charge is -2.62. The molecule has 31 heavy (non-hydrogen) atoms. The molecule has 1 aromatic carbocycles. The highest BCUT2D eigenvalue weighted by Crippen LogP contribution is 2.67. The van der Waals surface area contributed by atoms with Crippen molar-refractivity contribution in [3.8, 4) is 0 Å². The number of Topliss-reactive ketones (excluding diaryl/α,β-unsaturated/α-hetero) is 1. The van der Waals surface area contributed by atoms with Gasteiger partial charge in [0.2, 0.25) is 0 Å². The third-order valence-corrected chi connectivity index (χ3v) is 10.3. The van der Waals surface area contributed by atoms with E-state index in [1.165, 1.54) is 32.1 Å². The van der Waals surface area contributed by atoms with Gasteiger partial charge < -0.3 is 4.74 Å². The number of carbonyl (C=O) groups excluding carboxylic acids is 2. The van der Waals surface area contributed by atoms with E-state index >= 15 is 0 Å². The van der Waals surface area contributed by atoms with Gasteiger partial charge in [0.05, 0.1) is 5.56 Å². The lowest BCUT2D eigenvalue weighted by molar-refractivity contribution is -0.166. The molecule has 0 amide bonds. The monoisotopic (exact) mass is 422 g/mol. The van der Waals surface area contributed by atoms with Gasteiger partial charge in [-0.05, 0) is 92.6 Å². The van der Waals surface area contributed by atoms with Crippen molar-refractivity contribution < 1.29 is 14.3 Å². The number of hydrogen-bond donors (Lipinski definition) is 0. The first-order chi connectivity index (χ1) is 14.8. The number of esters is 1. The number of benzene rings is 1. The van der Waals surface area contributed by atoms with Crippen molar-refractivity contribution in [2.75, 3.05) is 0 Å². The second-order valence-electron chi connectivity index (χ2n) is 11.6. The van der Waals surface area contributed by atoms with Gasteiger partial charge in [0.1, 0.15) is 11.9 Å². The van der Waals surface area contributed by atoms with Crippen molar-refractivity contribution >= 4 is 11.8 Å². The molecule has 3 nitrogen and oxygen atoms in total. The zero-order valence-corrected chi connectivity index (χ0v) is 19.4. The fourth-order valence-corrected chi connectivity index (χ4v) is 8.80. The van der Waals surface area contributed by atoms with E-state index in [9.17, 15) is 9.59 Å². The predicted octanol–water partition coefficient (Wildman–Crippen LogP) is 6.46. The van der Waals surface area contributed by atoms with E-state index in [4.69, 9.17) is 4.74 Å². The Kier molecular flexibility index (Phi) is 5.30. The summed E-state index contributed by atoms with van der Waals surface area (Å²) in [5, 5.41) is 0. The van der Waals surface area contributed by atoms with Crippen LogP contribution in [0.1, 0.15) is 88.9 Å². The molecule has 0 aliphatic heterocycles. The molecule has 0 aromatic heterocycles. The summed E-state index contributed by atoms with van der Waals surface area (Å²) in [5.74, 6) is 2.54. The molecule has 4 aliphatic carbocycles. The minimum absolute atomic E-state index is 0.00999. The van der Waals surface area contributed by atoms with Crippen LogP contribution in [0.4, 0.5) is 0 Å². The molecule has 168 valence electrons. The van der Waals surface area contributed by atoms with Gasteiger partial charge in [0.15, 0.2) is 0 Å². The van der Waals surface area contributed by atoms with Crippen LogP contribution in [-0.2, 0) is 9.53 Å². The summed E-state index contributed by atoms with van der Waals surface area (Å²) in [4.78, 5) is 25.6.